The number of halogens is 4. The lowest BCUT2D eigenvalue weighted by Crippen LogP contribution is -2.22. The maximum atomic E-state index is 13.0. The monoisotopic (exact) mass is 315 g/mol. The zero-order valence-electron chi connectivity index (χ0n) is 10.4. The van der Waals surface area contributed by atoms with Crippen LogP contribution in [0.4, 0.5) is 19.0 Å². The van der Waals surface area contributed by atoms with Gasteiger partial charge in [0.2, 0.25) is 0 Å². The molecule has 110 valence electrons. The standard InChI is InChI=1S/C13H9ClF3N3O/c14-7-3-1-6(2-4-7)9-5-8(13(15,16)17)10(12(19)21)11(18)20-9/h1-5H,(H2,18,20)(H2,19,21). The number of nitrogen functional groups attached to an aromatic ring is 1. The number of anilines is 1. The summed E-state index contributed by atoms with van der Waals surface area (Å²) in [6.07, 6.45) is -4.78. The first kappa shape index (κ1) is 15.1. The summed E-state index contributed by atoms with van der Waals surface area (Å²) in [6, 6.07) is 6.73. The molecule has 0 saturated heterocycles. The SMILES string of the molecule is NC(=O)c1c(C(F)(F)F)cc(-c2ccc(Cl)cc2)nc1N. The molecule has 1 heterocycles. The van der Waals surface area contributed by atoms with E-state index in [1.165, 1.54) is 24.3 Å². The second-order valence-corrected chi connectivity index (χ2v) is 4.62. The largest absolute Gasteiger partial charge is 0.417 e. The van der Waals surface area contributed by atoms with Crippen molar-refractivity contribution in [3.63, 3.8) is 0 Å². The molecule has 0 radical (unpaired) electrons. The molecule has 4 nitrogen and oxygen atoms in total. The molecule has 1 aromatic carbocycles. The van der Waals surface area contributed by atoms with Gasteiger partial charge in [0.25, 0.3) is 5.91 Å². The Morgan fingerprint density at radius 3 is 2.24 bits per heavy atom. The van der Waals surface area contributed by atoms with Crippen molar-refractivity contribution in [2.75, 3.05) is 5.73 Å². The lowest BCUT2D eigenvalue weighted by molar-refractivity contribution is -0.137. The minimum absolute atomic E-state index is 0.0264. The molecular weight excluding hydrogens is 307 g/mol. The Kier molecular flexibility index (Phi) is 3.78. The fourth-order valence-corrected chi connectivity index (χ4v) is 1.94. The first-order chi connectivity index (χ1) is 9.70. The molecule has 0 bridgehead atoms. The number of hydrogen-bond acceptors (Lipinski definition) is 3. The van der Waals surface area contributed by atoms with Gasteiger partial charge in [0, 0.05) is 10.6 Å². The topological polar surface area (TPSA) is 82.0 Å². The van der Waals surface area contributed by atoms with Crippen LogP contribution < -0.4 is 11.5 Å². The van der Waals surface area contributed by atoms with E-state index in [0.717, 1.165) is 6.07 Å². The van der Waals surface area contributed by atoms with Crippen molar-refractivity contribution >= 4 is 23.3 Å². The number of rotatable bonds is 2. The van der Waals surface area contributed by atoms with Crippen LogP contribution in [-0.4, -0.2) is 10.9 Å². The fraction of sp³-hybridized carbons (Fsp3) is 0.0769. The second kappa shape index (κ2) is 5.25. The van der Waals surface area contributed by atoms with Crippen LogP contribution in [0.15, 0.2) is 30.3 Å². The highest BCUT2D eigenvalue weighted by atomic mass is 35.5. The summed E-state index contributed by atoms with van der Waals surface area (Å²) in [5.41, 5.74) is 8.70. The van der Waals surface area contributed by atoms with Crippen LogP contribution >= 0.6 is 11.6 Å². The number of primary amides is 1. The number of amides is 1. The van der Waals surface area contributed by atoms with Crippen LogP contribution in [0.25, 0.3) is 11.3 Å². The van der Waals surface area contributed by atoms with Gasteiger partial charge in [-0.05, 0) is 18.2 Å². The number of carbonyl (C=O) groups is 1. The average Bonchev–Trinajstić information content (AvgIpc) is 2.37. The maximum Gasteiger partial charge on any atom is 0.417 e. The third kappa shape index (κ3) is 3.08. The Balaban J connectivity index is 2.68. The minimum atomic E-state index is -4.78. The molecule has 0 fully saturated rings. The van der Waals surface area contributed by atoms with Gasteiger partial charge in [-0.2, -0.15) is 13.2 Å². The predicted octanol–water partition coefficient (Wildman–Crippen LogP) is 3.10. The van der Waals surface area contributed by atoms with Gasteiger partial charge in [-0.3, -0.25) is 4.79 Å². The van der Waals surface area contributed by atoms with Crippen LogP contribution in [0, 0.1) is 0 Å². The van der Waals surface area contributed by atoms with Gasteiger partial charge in [0.15, 0.2) is 0 Å². The quantitative estimate of drug-likeness (QED) is 0.893. The lowest BCUT2D eigenvalue weighted by atomic mass is 10.0. The van der Waals surface area contributed by atoms with Gasteiger partial charge in [0.1, 0.15) is 5.82 Å². The summed E-state index contributed by atoms with van der Waals surface area (Å²) in [6.45, 7) is 0. The lowest BCUT2D eigenvalue weighted by Gasteiger charge is -2.14. The van der Waals surface area contributed by atoms with Crippen LogP contribution in [0.2, 0.25) is 5.02 Å². The van der Waals surface area contributed by atoms with Crippen molar-refractivity contribution in [1.82, 2.24) is 4.98 Å². The summed E-state index contributed by atoms with van der Waals surface area (Å²) in [5, 5.41) is 0.427. The van der Waals surface area contributed by atoms with Crippen LogP contribution in [-0.2, 0) is 6.18 Å². The summed E-state index contributed by atoms with van der Waals surface area (Å²) >= 11 is 5.71. The number of pyridine rings is 1. The molecule has 0 atom stereocenters. The number of nitrogens with two attached hydrogens (primary N) is 2. The van der Waals surface area contributed by atoms with Crippen molar-refractivity contribution in [3.05, 3.63) is 46.5 Å². The van der Waals surface area contributed by atoms with Crippen molar-refractivity contribution in [1.29, 1.82) is 0 Å². The van der Waals surface area contributed by atoms with Crippen molar-refractivity contribution in [2.45, 2.75) is 6.18 Å². The molecule has 0 aliphatic carbocycles. The third-order valence-electron chi connectivity index (χ3n) is 2.74. The number of alkyl halides is 3. The van der Waals surface area contributed by atoms with Gasteiger partial charge in [-0.15, -0.1) is 0 Å². The highest BCUT2D eigenvalue weighted by molar-refractivity contribution is 6.30. The van der Waals surface area contributed by atoms with Gasteiger partial charge in [0.05, 0.1) is 16.8 Å². The molecular formula is C13H9ClF3N3O. The minimum Gasteiger partial charge on any atom is -0.383 e. The Morgan fingerprint density at radius 1 is 1.19 bits per heavy atom. The molecule has 0 aliphatic heterocycles. The molecule has 0 unspecified atom stereocenters. The van der Waals surface area contributed by atoms with Crippen molar-refractivity contribution in [3.8, 4) is 11.3 Å². The number of aromatic nitrogens is 1. The highest BCUT2D eigenvalue weighted by Gasteiger charge is 2.37. The molecule has 8 heteroatoms. The van der Waals surface area contributed by atoms with E-state index in [2.05, 4.69) is 4.98 Å². The van der Waals surface area contributed by atoms with E-state index < -0.39 is 29.0 Å². The number of benzene rings is 1. The zero-order valence-corrected chi connectivity index (χ0v) is 11.2. The molecule has 0 saturated carbocycles. The third-order valence-corrected chi connectivity index (χ3v) is 2.99. The summed E-state index contributed by atoms with van der Waals surface area (Å²) in [5.74, 6) is -1.85. The average molecular weight is 316 g/mol. The fourth-order valence-electron chi connectivity index (χ4n) is 1.82. The predicted molar refractivity (Wildman–Crippen MR) is 72.6 cm³/mol. The van der Waals surface area contributed by atoms with Gasteiger partial charge in [-0.25, -0.2) is 4.98 Å². The molecule has 2 aromatic rings. The Hall–Kier alpha value is -2.28. The van der Waals surface area contributed by atoms with Gasteiger partial charge in [-0.1, -0.05) is 23.7 Å². The summed E-state index contributed by atoms with van der Waals surface area (Å²) < 4.78 is 39.1. The maximum absolute atomic E-state index is 13.0. The first-order valence-electron chi connectivity index (χ1n) is 5.63. The van der Waals surface area contributed by atoms with E-state index in [1.54, 1.807) is 0 Å². The van der Waals surface area contributed by atoms with E-state index in [1.807, 2.05) is 0 Å². The van der Waals surface area contributed by atoms with E-state index in [-0.39, 0.29) is 5.69 Å². The summed E-state index contributed by atoms with van der Waals surface area (Å²) in [7, 11) is 0. The zero-order chi connectivity index (χ0) is 15.8. The Bertz CT molecular complexity index is 699. The van der Waals surface area contributed by atoms with Crippen molar-refractivity contribution in [2.24, 2.45) is 5.73 Å². The number of carbonyl (C=O) groups excluding carboxylic acids is 1. The Labute approximate surface area is 122 Å². The number of hydrogen-bond donors (Lipinski definition) is 2. The van der Waals surface area contributed by atoms with Crippen LogP contribution in [0.1, 0.15) is 15.9 Å². The first-order valence-corrected chi connectivity index (χ1v) is 6.01. The van der Waals surface area contributed by atoms with E-state index in [9.17, 15) is 18.0 Å². The van der Waals surface area contributed by atoms with E-state index in [4.69, 9.17) is 23.1 Å². The van der Waals surface area contributed by atoms with Crippen LogP contribution in [0.3, 0.4) is 0 Å². The Morgan fingerprint density at radius 2 is 1.76 bits per heavy atom. The molecule has 0 aliphatic rings. The van der Waals surface area contributed by atoms with Crippen molar-refractivity contribution < 1.29 is 18.0 Å². The number of nitrogens with zero attached hydrogens (tertiary/aromatic N) is 1. The molecule has 21 heavy (non-hydrogen) atoms. The molecule has 2 rings (SSSR count). The second-order valence-electron chi connectivity index (χ2n) is 4.18. The molecule has 1 amide bonds. The van der Waals surface area contributed by atoms with Gasteiger partial charge < -0.3 is 11.5 Å². The smallest absolute Gasteiger partial charge is 0.383 e. The highest BCUT2D eigenvalue weighted by Crippen LogP contribution is 2.36. The molecule has 4 N–H and O–H groups in total. The summed E-state index contributed by atoms with van der Waals surface area (Å²) in [4.78, 5) is 15.0. The van der Waals surface area contributed by atoms with Gasteiger partial charge >= 0.3 is 6.18 Å². The normalized spacial score (nSPS) is 11.4. The molecule has 0 spiro atoms. The van der Waals surface area contributed by atoms with E-state index >= 15 is 0 Å². The molecule has 1 aromatic heterocycles. The van der Waals surface area contributed by atoms with E-state index in [0.29, 0.717) is 10.6 Å². The van der Waals surface area contributed by atoms with Crippen LogP contribution in [0.5, 0.6) is 0 Å².